The van der Waals surface area contributed by atoms with Crippen LogP contribution in [-0.2, 0) is 4.79 Å². The van der Waals surface area contributed by atoms with Gasteiger partial charge in [-0.3, -0.25) is 4.79 Å². The van der Waals surface area contributed by atoms with Crippen LogP contribution in [0.15, 0.2) is 12.2 Å². The Morgan fingerprint density at radius 1 is 1.55 bits per heavy atom. The molecule has 0 saturated carbocycles. The van der Waals surface area contributed by atoms with E-state index in [-0.39, 0.29) is 4.69 Å². The van der Waals surface area contributed by atoms with Crippen molar-refractivity contribution in [2.75, 3.05) is 0 Å². The minimum Gasteiger partial charge on any atom is -0.285 e. The quantitative estimate of drug-likeness (QED) is 0.441. The van der Waals surface area contributed by atoms with E-state index >= 15 is 0 Å². The maximum Gasteiger partial charge on any atom is 0.217 e. The average molecular weight is 284 g/mol. The SMILES string of the molecule is CC(C)C=CC(C)(Br)C(=O)Br. The van der Waals surface area contributed by atoms with Gasteiger partial charge in [-0.05, 0) is 28.8 Å². The smallest absolute Gasteiger partial charge is 0.217 e. The Hall–Kier alpha value is 0.370. The minimum atomic E-state index is -0.558. The molecule has 64 valence electrons. The molecule has 0 heterocycles. The zero-order valence-corrected chi connectivity index (χ0v) is 10.1. The topological polar surface area (TPSA) is 17.1 Å². The molecule has 0 N–H and O–H groups in total. The summed E-state index contributed by atoms with van der Waals surface area (Å²) in [6.45, 7) is 5.94. The Bertz CT molecular complexity index is 171. The van der Waals surface area contributed by atoms with E-state index in [1.165, 1.54) is 0 Å². The van der Waals surface area contributed by atoms with Crippen LogP contribution in [0.5, 0.6) is 0 Å². The van der Waals surface area contributed by atoms with Crippen molar-refractivity contribution in [2.24, 2.45) is 5.92 Å². The molecule has 0 amide bonds. The summed E-state index contributed by atoms with van der Waals surface area (Å²) in [7, 11) is 0. The van der Waals surface area contributed by atoms with Crippen molar-refractivity contribution in [3.8, 4) is 0 Å². The van der Waals surface area contributed by atoms with Crippen molar-refractivity contribution in [3.05, 3.63) is 12.2 Å². The van der Waals surface area contributed by atoms with E-state index in [1.54, 1.807) is 0 Å². The van der Waals surface area contributed by atoms with E-state index in [9.17, 15) is 4.79 Å². The third-order valence-corrected chi connectivity index (χ3v) is 3.16. The van der Waals surface area contributed by atoms with Crippen molar-refractivity contribution in [1.82, 2.24) is 0 Å². The van der Waals surface area contributed by atoms with E-state index in [0.29, 0.717) is 5.92 Å². The number of rotatable bonds is 3. The Morgan fingerprint density at radius 2 is 2.00 bits per heavy atom. The summed E-state index contributed by atoms with van der Waals surface area (Å²) in [5.74, 6) is 0.471. The maximum absolute atomic E-state index is 10.9. The van der Waals surface area contributed by atoms with Crippen molar-refractivity contribution in [2.45, 2.75) is 25.1 Å². The fraction of sp³-hybridized carbons (Fsp3) is 0.625. The van der Waals surface area contributed by atoms with Gasteiger partial charge < -0.3 is 0 Å². The van der Waals surface area contributed by atoms with Gasteiger partial charge in [-0.25, -0.2) is 0 Å². The molecule has 0 aliphatic rings. The first-order valence-corrected chi connectivity index (χ1v) is 5.03. The standard InChI is InChI=1S/C8H12Br2O/c1-6(2)4-5-8(3,10)7(9)11/h4-6H,1-3H3. The lowest BCUT2D eigenvalue weighted by Gasteiger charge is -2.11. The van der Waals surface area contributed by atoms with E-state index in [2.05, 4.69) is 45.7 Å². The van der Waals surface area contributed by atoms with Crippen molar-refractivity contribution in [3.63, 3.8) is 0 Å². The second kappa shape index (κ2) is 4.41. The van der Waals surface area contributed by atoms with Gasteiger partial charge in [-0.1, -0.05) is 41.9 Å². The van der Waals surface area contributed by atoms with Crippen LogP contribution >= 0.6 is 31.9 Å². The molecule has 0 rings (SSSR count). The van der Waals surface area contributed by atoms with Gasteiger partial charge in [0.05, 0.1) is 0 Å². The van der Waals surface area contributed by atoms with Gasteiger partial charge in [-0.15, -0.1) is 0 Å². The Balaban J connectivity index is 4.23. The van der Waals surface area contributed by atoms with Crippen molar-refractivity contribution >= 4 is 36.6 Å². The third-order valence-electron chi connectivity index (χ3n) is 1.18. The molecule has 0 saturated heterocycles. The first kappa shape index (κ1) is 11.4. The summed E-state index contributed by atoms with van der Waals surface area (Å²) in [4.78, 5) is 10.9. The molecule has 0 aliphatic heterocycles. The monoisotopic (exact) mass is 282 g/mol. The number of hydrogen-bond acceptors (Lipinski definition) is 1. The molecule has 1 atom stereocenters. The third kappa shape index (κ3) is 4.75. The molecule has 0 spiro atoms. The largest absolute Gasteiger partial charge is 0.285 e. The number of carbonyl (C=O) groups excluding carboxylic acids is 1. The predicted molar refractivity (Wildman–Crippen MR) is 55.2 cm³/mol. The van der Waals surface area contributed by atoms with Gasteiger partial charge in [0.25, 0.3) is 0 Å². The van der Waals surface area contributed by atoms with Gasteiger partial charge >= 0.3 is 0 Å². The molecule has 0 aromatic heterocycles. The summed E-state index contributed by atoms with van der Waals surface area (Å²) < 4.78 is -0.612. The molecule has 0 aliphatic carbocycles. The minimum absolute atomic E-state index is 0.0538. The Morgan fingerprint density at radius 3 is 2.27 bits per heavy atom. The average Bonchev–Trinajstić information content (AvgIpc) is 1.84. The highest BCUT2D eigenvalue weighted by molar-refractivity contribution is 9.20. The van der Waals surface area contributed by atoms with Crippen LogP contribution in [0, 0.1) is 5.92 Å². The van der Waals surface area contributed by atoms with Crippen LogP contribution in [0.1, 0.15) is 20.8 Å². The first-order chi connectivity index (χ1) is 4.86. The zero-order valence-electron chi connectivity index (χ0n) is 6.90. The number of carbonyl (C=O) groups is 1. The van der Waals surface area contributed by atoms with E-state index < -0.39 is 4.32 Å². The molecule has 11 heavy (non-hydrogen) atoms. The Labute approximate surface area is 84.5 Å². The fourth-order valence-corrected chi connectivity index (χ4v) is 0.723. The number of alkyl halides is 1. The van der Waals surface area contributed by atoms with Crippen LogP contribution in [0.3, 0.4) is 0 Å². The zero-order chi connectivity index (χ0) is 9.07. The lowest BCUT2D eigenvalue weighted by Crippen LogP contribution is -2.19. The van der Waals surface area contributed by atoms with E-state index in [0.717, 1.165) is 0 Å². The lowest BCUT2D eigenvalue weighted by atomic mass is 10.1. The van der Waals surface area contributed by atoms with Crippen LogP contribution in [-0.4, -0.2) is 9.02 Å². The summed E-state index contributed by atoms with van der Waals surface area (Å²) in [6, 6.07) is 0. The number of halogens is 2. The molecule has 0 aromatic carbocycles. The van der Waals surface area contributed by atoms with Crippen LogP contribution < -0.4 is 0 Å². The molecule has 3 heteroatoms. The highest BCUT2D eigenvalue weighted by Crippen LogP contribution is 2.23. The summed E-state index contributed by atoms with van der Waals surface area (Å²) >= 11 is 6.20. The van der Waals surface area contributed by atoms with Gasteiger partial charge in [0.1, 0.15) is 4.32 Å². The summed E-state index contributed by atoms with van der Waals surface area (Å²) in [5, 5.41) is 0. The molecular weight excluding hydrogens is 272 g/mol. The van der Waals surface area contributed by atoms with Crippen LogP contribution in [0.4, 0.5) is 0 Å². The molecule has 1 unspecified atom stereocenters. The second-order valence-corrected chi connectivity index (χ2v) is 5.32. The highest BCUT2D eigenvalue weighted by atomic mass is 79.9. The molecule has 0 radical (unpaired) electrons. The summed E-state index contributed by atoms with van der Waals surface area (Å²) in [5.41, 5.74) is 0. The normalized spacial score (nSPS) is 17.3. The lowest BCUT2D eigenvalue weighted by molar-refractivity contribution is -0.110. The molecule has 0 fully saturated rings. The molecular formula is C8H12Br2O. The predicted octanol–water partition coefficient (Wildman–Crippen LogP) is 3.27. The molecule has 1 nitrogen and oxygen atoms in total. The molecule has 0 aromatic rings. The van der Waals surface area contributed by atoms with Crippen molar-refractivity contribution in [1.29, 1.82) is 0 Å². The Kier molecular flexibility index (Phi) is 4.56. The summed E-state index contributed by atoms with van der Waals surface area (Å²) in [6.07, 6.45) is 3.85. The van der Waals surface area contributed by atoms with Crippen LogP contribution in [0.25, 0.3) is 0 Å². The number of hydrogen-bond donors (Lipinski definition) is 0. The molecule has 0 bridgehead atoms. The van der Waals surface area contributed by atoms with Gasteiger partial charge in [0.2, 0.25) is 4.69 Å². The van der Waals surface area contributed by atoms with Gasteiger partial charge in [0.15, 0.2) is 0 Å². The van der Waals surface area contributed by atoms with E-state index in [4.69, 9.17) is 0 Å². The second-order valence-electron chi connectivity index (χ2n) is 2.95. The van der Waals surface area contributed by atoms with E-state index in [1.807, 2.05) is 19.1 Å². The highest BCUT2D eigenvalue weighted by Gasteiger charge is 2.23. The fourth-order valence-electron chi connectivity index (χ4n) is 0.439. The number of allylic oxidation sites excluding steroid dienone is 2. The van der Waals surface area contributed by atoms with Gasteiger partial charge in [-0.2, -0.15) is 0 Å². The first-order valence-electron chi connectivity index (χ1n) is 3.44. The van der Waals surface area contributed by atoms with Crippen LogP contribution in [0.2, 0.25) is 0 Å². The van der Waals surface area contributed by atoms with Gasteiger partial charge in [0, 0.05) is 0 Å². The maximum atomic E-state index is 10.9. The van der Waals surface area contributed by atoms with Crippen molar-refractivity contribution < 1.29 is 4.79 Å².